The predicted octanol–water partition coefficient (Wildman–Crippen LogP) is 7.66. The lowest BCUT2D eigenvalue weighted by Gasteiger charge is -2.14. The van der Waals surface area contributed by atoms with E-state index in [2.05, 4.69) is 6.58 Å². The SMILES string of the molecule is C=Cc1ccc(COc2cc(Cl)ccc2Oc2ccc(Cl)cc2Cl)cc1. The quantitative estimate of drug-likeness (QED) is 0.419. The molecule has 0 fully saturated rings. The second-order valence-electron chi connectivity index (χ2n) is 5.50. The topological polar surface area (TPSA) is 18.5 Å². The molecule has 0 aliphatic heterocycles. The van der Waals surface area contributed by atoms with Crippen LogP contribution in [0, 0.1) is 0 Å². The van der Waals surface area contributed by atoms with Gasteiger partial charge in [-0.25, -0.2) is 0 Å². The first kappa shape index (κ1) is 18.7. The molecule has 0 N–H and O–H groups in total. The molecule has 0 unspecified atom stereocenters. The molecule has 3 aromatic carbocycles. The molecule has 0 spiro atoms. The Morgan fingerprint density at radius 3 is 2.08 bits per heavy atom. The van der Waals surface area contributed by atoms with E-state index in [0.29, 0.717) is 38.9 Å². The zero-order valence-corrected chi connectivity index (χ0v) is 16.0. The number of benzene rings is 3. The molecule has 0 saturated carbocycles. The van der Waals surface area contributed by atoms with Crippen LogP contribution in [0.4, 0.5) is 0 Å². The molecule has 0 heterocycles. The summed E-state index contributed by atoms with van der Waals surface area (Å²) in [4.78, 5) is 0. The Kier molecular flexibility index (Phi) is 6.10. The van der Waals surface area contributed by atoms with Gasteiger partial charge >= 0.3 is 0 Å². The highest BCUT2D eigenvalue weighted by atomic mass is 35.5. The summed E-state index contributed by atoms with van der Waals surface area (Å²) in [5, 5.41) is 1.51. The molecule has 5 heteroatoms. The Morgan fingerprint density at radius 2 is 1.42 bits per heavy atom. The van der Waals surface area contributed by atoms with Gasteiger partial charge in [-0.05, 0) is 41.5 Å². The first-order valence-electron chi connectivity index (χ1n) is 7.82. The van der Waals surface area contributed by atoms with Gasteiger partial charge in [-0.1, -0.05) is 71.7 Å². The van der Waals surface area contributed by atoms with Gasteiger partial charge in [0.25, 0.3) is 0 Å². The van der Waals surface area contributed by atoms with Gasteiger partial charge in [0.05, 0.1) is 5.02 Å². The van der Waals surface area contributed by atoms with E-state index in [9.17, 15) is 0 Å². The summed E-state index contributed by atoms with van der Waals surface area (Å²) in [7, 11) is 0. The van der Waals surface area contributed by atoms with Crippen molar-refractivity contribution in [2.75, 3.05) is 0 Å². The fourth-order valence-corrected chi connectivity index (χ4v) is 2.88. The molecule has 3 rings (SSSR count). The van der Waals surface area contributed by atoms with E-state index in [0.717, 1.165) is 11.1 Å². The van der Waals surface area contributed by atoms with Crippen molar-refractivity contribution < 1.29 is 9.47 Å². The van der Waals surface area contributed by atoms with Gasteiger partial charge in [0, 0.05) is 16.1 Å². The third-order valence-electron chi connectivity index (χ3n) is 3.63. The summed E-state index contributed by atoms with van der Waals surface area (Å²) < 4.78 is 11.8. The molecule has 0 radical (unpaired) electrons. The standard InChI is InChI=1S/C21H15Cl3O2/c1-2-14-3-5-15(6-4-14)13-25-21-12-17(23)8-10-20(21)26-19-9-7-16(22)11-18(19)24/h2-12H,1,13H2. The van der Waals surface area contributed by atoms with E-state index in [4.69, 9.17) is 44.3 Å². The van der Waals surface area contributed by atoms with E-state index in [1.807, 2.05) is 24.3 Å². The second-order valence-corrected chi connectivity index (χ2v) is 6.78. The summed E-state index contributed by atoms with van der Waals surface area (Å²) in [5.74, 6) is 1.52. The highest BCUT2D eigenvalue weighted by Crippen LogP contribution is 2.37. The van der Waals surface area contributed by atoms with E-state index in [1.165, 1.54) is 0 Å². The maximum Gasteiger partial charge on any atom is 0.169 e. The fraction of sp³-hybridized carbons (Fsp3) is 0.0476. The smallest absolute Gasteiger partial charge is 0.169 e. The number of rotatable bonds is 6. The maximum absolute atomic E-state index is 6.18. The molecule has 0 aliphatic rings. The van der Waals surface area contributed by atoms with Gasteiger partial charge in [0.15, 0.2) is 11.5 Å². The molecular weight excluding hydrogens is 391 g/mol. The summed E-state index contributed by atoms with van der Waals surface area (Å²) in [5.41, 5.74) is 2.07. The van der Waals surface area contributed by atoms with E-state index in [-0.39, 0.29) is 0 Å². The molecule has 0 aromatic heterocycles. The van der Waals surface area contributed by atoms with Gasteiger partial charge < -0.3 is 9.47 Å². The van der Waals surface area contributed by atoms with Crippen LogP contribution in [0.1, 0.15) is 11.1 Å². The minimum Gasteiger partial charge on any atom is -0.485 e. The second kappa shape index (κ2) is 8.50. The molecule has 0 saturated heterocycles. The van der Waals surface area contributed by atoms with E-state index >= 15 is 0 Å². The van der Waals surface area contributed by atoms with Gasteiger partial charge in [-0.2, -0.15) is 0 Å². The molecule has 2 nitrogen and oxygen atoms in total. The van der Waals surface area contributed by atoms with Gasteiger partial charge in [0.1, 0.15) is 12.4 Å². The Morgan fingerprint density at radius 1 is 0.769 bits per heavy atom. The minimum absolute atomic E-state index is 0.377. The lowest BCUT2D eigenvalue weighted by molar-refractivity contribution is 0.291. The van der Waals surface area contributed by atoms with Gasteiger partial charge in [-0.3, -0.25) is 0 Å². The van der Waals surface area contributed by atoms with Crippen LogP contribution in [-0.2, 0) is 6.61 Å². The van der Waals surface area contributed by atoms with Crippen molar-refractivity contribution in [1.82, 2.24) is 0 Å². The van der Waals surface area contributed by atoms with Crippen LogP contribution in [0.2, 0.25) is 15.1 Å². The van der Waals surface area contributed by atoms with Crippen LogP contribution < -0.4 is 9.47 Å². The Labute approximate surface area is 167 Å². The van der Waals surface area contributed by atoms with Crippen molar-refractivity contribution in [2.45, 2.75) is 6.61 Å². The maximum atomic E-state index is 6.18. The number of ether oxygens (including phenoxy) is 2. The highest BCUT2D eigenvalue weighted by molar-refractivity contribution is 6.35. The average Bonchev–Trinajstić information content (AvgIpc) is 2.64. The zero-order valence-electron chi connectivity index (χ0n) is 13.7. The Bertz CT molecular complexity index is 921. The average molecular weight is 406 g/mol. The van der Waals surface area contributed by atoms with Crippen molar-refractivity contribution in [2.24, 2.45) is 0 Å². The highest BCUT2D eigenvalue weighted by Gasteiger charge is 2.11. The third kappa shape index (κ3) is 4.73. The minimum atomic E-state index is 0.377. The predicted molar refractivity (Wildman–Crippen MR) is 109 cm³/mol. The zero-order chi connectivity index (χ0) is 18.5. The van der Waals surface area contributed by atoms with Crippen molar-refractivity contribution in [3.63, 3.8) is 0 Å². The normalized spacial score (nSPS) is 10.4. The van der Waals surface area contributed by atoms with Crippen LogP contribution in [-0.4, -0.2) is 0 Å². The van der Waals surface area contributed by atoms with Crippen molar-refractivity contribution in [3.05, 3.63) is 93.4 Å². The molecule has 0 bridgehead atoms. The van der Waals surface area contributed by atoms with Crippen LogP contribution in [0.15, 0.2) is 67.2 Å². The molecule has 3 aromatic rings. The lowest BCUT2D eigenvalue weighted by atomic mass is 10.1. The van der Waals surface area contributed by atoms with Gasteiger partial charge in [0.2, 0.25) is 0 Å². The summed E-state index contributed by atoms with van der Waals surface area (Å²) in [6.07, 6.45) is 1.80. The van der Waals surface area contributed by atoms with E-state index in [1.54, 1.807) is 42.5 Å². The molecular formula is C21H15Cl3O2. The van der Waals surface area contributed by atoms with Gasteiger partial charge in [-0.15, -0.1) is 0 Å². The van der Waals surface area contributed by atoms with Crippen LogP contribution >= 0.6 is 34.8 Å². The summed E-state index contributed by atoms with van der Waals surface area (Å²) >= 11 is 18.2. The molecule has 0 atom stereocenters. The Balaban J connectivity index is 1.79. The fourth-order valence-electron chi connectivity index (χ4n) is 2.27. The first-order valence-corrected chi connectivity index (χ1v) is 8.95. The number of halogens is 3. The van der Waals surface area contributed by atoms with Crippen LogP contribution in [0.3, 0.4) is 0 Å². The van der Waals surface area contributed by atoms with Crippen LogP contribution in [0.25, 0.3) is 6.08 Å². The van der Waals surface area contributed by atoms with Crippen molar-refractivity contribution >= 4 is 40.9 Å². The molecule has 0 amide bonds. The van der Waals surface area contributed by atoms with Crippen molar-refractivity contribution in [1.29, 1.82) is 0 Å². The molecule has 26 heavy (non-hydrogen) atoms. The largest absolute Gasteiger partial charge is 0.485 e. The lowest BCUT2D eigenvalue weighted by Crippen LogP contribution is -1.98. The van der Waals surface area contributed by atoms with E-state index < -0.39 is 0 Å². The number of hydrogen-bond acceptors (Lipinski definition) is 2. The van der Waals surface area contributed by atoms with Crippen LogP contribution in [0.5, 0.6) is 17.2 Å². The summed E-state index contributed by atoms with van der Waals surface area (Å²) in [6.45, 7) is 4.12. The summed E-state index contributed by atoms with van der Waals surface area (Å²) in [6, 6.07) is 18.1. The Hall–Kier alpha value is -2.13. The monoisotopic (exact) mass is 404 g/mol. The van der Waals surface area contributed by atoms with Crippen molar-refractivity contribution in [3.8, 4) is 17.2 Å². The third-order valence-corrected chi connectivity index (χ3v) is 4.39. The first-order chi connectivity index (χ1) is 12.5. The molecule has 0 aliphatic carbocycles. The number of hydrogen-bond donors (Lipinski definition) is 0. The molecule has 132 valence electrons.